The van der Waals surface area contributed by atoms with Gasteiger partial charge in [-0.1, -0.05) is 48.0 Å². The summed E-state index contributed by atoms with van der Waals surface area (Å²) >= 11 is 0. The van der Waals surface area contributed by atoms with E-state index in [1.807, 2.05) is 35.1 Å². The van der Waals surface area contributed by atoms with Crippen molar-refractivity contribution in [3.05, 3.63) is 107 Å². The molecule has 2 aromatic heterocycles. The molecular weight excluding hydrogens is 374 g/mol. The van der Waals surface area contributed by atoms with Gasteiger partial charge in [-0.3, -0.25) is 4.98 Å². The molecule has 2 aliphatic heterocycles. The third-order valence-electron chi connectivity index (χ3n) is 5.67. The maximum Gasteiger partial charge on any atom is 0.226 e. The Balaban J connectivity index is 1.64. The van der Waals surface area contributed by atoms with Gasteiger partial charge in [0.2, 0.25) is 5.95 Å². The number of pyridine rings is 1. The highest BCUT2D eigenvalue weighted by Gasteiger charge is 2.40. The molecule has 4 aromatic rings. The predicted molar refractivity (Wildman–Crippen MR) is 114 cm³/mol. The second-order valence-electron chi connectivity index (χ2n) is 7.58. The lowest BCUT2D eigenvalue weighted by molar-refractivity contribution is 0.223. The van der Waals surface area contributed by atoms with E-state index in [0.29, 0.717) is 5.95 Å². The lowest BCUT2D eigenvalue weighted by Gasteiger charge is -2.38. The smallest absolute Gasteiger partial charge is 0.226 e. The fourth-order valence-electron chi connectivity index (χ4n) is 4.38. The zero-order valence-corrected chi connectivity index (χ0v) is 16.4. The summed E-state index contributed by atoms with van der Waals surface area (Å²) in [5.74, 6) is 1.57. The molecule has 30 heavy (non-hydrogen) atoms. The molecule has 0 saturated heterocycles. The van der Waals surface area contributed by atoms with Crippen molar-refractivity contribution < 1.29 is 4.74 Å². The lowest BCUT2D eigenvalue weighted by Crippen LogP contribution is -2.32. The summed E-state index contributed by atoms with van der Waals surface area (Å²) in [6.45, 7) is 2.10. The zero-order valence-electron chi connectivity index (χ0n) is 16.4. The van der Waals surface area contributed by atoms with Crippen LogP contribution in [0.4, 0.5) is 5.95 Å². The maximum atomic E-state index is 6.61. The van der Waals surface area contributed by atoms with Crippen LogP contribution in [-0.4, -0.2) is 19.7 Å². The Hall–Kier alpha value is -3.93. The van der Waals surface area contributed by atoms with E-state index >= 15 is 0 Å². The van der Waals surface area contributed by atoms with Gasteiger partial charge < -0.3 is 10.1 Å². The van der Waals surface area contributed by atoms with Crippen molar-refractivity contribution in [3.63, 3.8) is 0 Å². The Labute approximate surface area is 173 Å². The van der Waals surface area contributed by atoms with E-state index in [9.17, 15) is 0 Å². The summed E-state index contributed by atoms with van der Waals surface area (Å²) in [7, 11) is 0. The third kappa shape index (κ3) is 2.54. The second-order valence-corrected chi connectivity index (χ2v) is 7.58. The maximum absolute atomic E-state index is 6.61. The van der Waals surface area contributed by atoms with Gasteiger partial charge in [-0.15, -0.1) is 0 Å². The number of aromatic nitrogens is 4. The van der Waals surface area contributed by atoms with Crippen LogP contribution in [0.25, 0.3) is 5.70 Å². The van der Waals surface area contributed by atoms with Crippen LogP contribution in [0.1, 0.15) is 34.4 Å². The van der Waals surface area contributed by atoms with Gasteiger partial charge in [-0.2, -0.15) is 10.1 Å². The van der Waals surface area contributed by atoms with Gasteiger partial charge in [-0.25, -0.2) is 4.68 Å². The zero-order chi connectivity index (χ0) is 20.1. The molecule has 0 bridgehead atoms. The highest BCUT2D eigenvalue weighted by Crippen LogP contribution is 2.50. The summed E-state index contributed by atoms with van der Waals surface area (Å²) < 4.78 is 8.52. The first-order valence-corrected chi connectivity index (χ1v) is 9.93. The number of nitrogens with one attached hydrogen (secondary N) is 1. The molecule has 2 aromatic carbocycles. The Morgan fingerprint density at radius 1 is 1.00 bits per heavy atom. The van der Waals surface area contributed by atoms with E-state index in [2.05, 4.69) is 63.7 Å². The minimum Gasteiger partial charge on any atom is -0.480 e. The molecule has 2 aliphatic rings. The number of aryl methyl sites for hydroxylation is 1. The van der Waals surface area contributed by atoms with Crippen LogP contribution >= 0.6 is 0 Å². The number of nitrogens with zero attached hydrogens (tertiary/aromatic N) is 4. The van der Waals surface area contributed by atoms with Gasteiger partial charge in [0.1, 0.15) is 24.2 Å². The molecule has 0 radical (unpaired) electrons. The normalized spacial score (nSPS) is 19.2. The molecule has 146 valence electrons. The number of para-hydroxylation sites is 1. The number of fused-ring (bicyclic) bond motifs is 3. The molecule has 6 nitrogen and oxygen atoms in total. The van der Waals surface area contributed by atoms with Crippen molar-refractivity contribution in [1.29, 1.82) is 0 Å². The van der Waals surface area contributed by atoms with Crippen LogP contribution < -0.4 is 10.1 Å². The van der Waals surface area contributed by atoms with Crippen molar-refractivity contribution in [3.8, 4) is 5.75 Å². The fraction of sp³-hybridized carbons (Fsp3) is 0.125. The van der Waals surface area contributed by atoms with Crippen molar-refractivity contribution in [1.82, 2.24) is 19.7 Å². The second kappa shape index (κ2) is 6.56. The quantitative estimate of drug-likeness (QED) is 0.542. The average Bonchev–Trinajstić information content (AvgIpc) is 3.26. The van der Waals surface area contributed by atoms with Crippen molar-refractivity contribution in [2.75, 3.05) is 5.32 Å². The molecule has 0 spiro atoms. The minimum absolute atomic E-state index is 0.175. The highest BCUT2D eigenvalue weighted by molar-refractivity contribution is 5.85. The molecule has 4 heterocycles. The largest absolute Gasteiger partial charge is 0.480 e. The molecule has 0 fully saturated rings. The SMILES string of the molecule is Cc1cccc([C@H]2Oc3ccccc3C3=C2[C@@H](c2cccnc2)n2ncnc2N3)c1. The highest BCUT2D eigenvalue weighted by atomic mass is 16.5. The number of benzene rings is 2. The number of anilines is 1. The topological polar surface area (TPSA) is 64.9 Å². The standard InChI is InChI=1S/C24H19N5O/c1-15-6-4-7-16(12-15)23-20-21(18-9-2-3-10-19(18)30-23)28-24-26-14-27-29(24)22(20)17-8-5-11-25-13-17/h2-14,22-23H,1H3,(H,26,27,28)/t22-,23-/m1/s1. The van der Waals surface area contributed by atoms with E-state index in [-0.39, 0.29) is 12.1 Å². The van der Waals surface area contributed by atoms with Gasteiger partial charge in [0.15, 0.2) is 0 Å². The number of rotatable bonds is 2. The van der Waals surface area contributed by atoms with E-state index in [1.54, 1.807) is 12.5 Å². The van der Waals surface area contributed by atoms with E-state index in [1.165, 1.54) is 5.56 Å². The summed E-state index contributed by atoms with van der Waals surface area (Å²) in [6.07, 6.45) is 5.00. The Kier molecular flexibility index (Phi) is 3.71. The fourth-order valence-corrected chi connectivity index (χ4v) is 4.38. The minimum atomic E-state index is -0.259. The summed E-state index contributed by atoms with van der Waals surface area (Å²) in [4.78, 5) is 8.82. The van der Waals surface area contributed by atoms with Crippen molar-refractivity contribution in [2.24, 2.45) is 0 Å². The van der Waals surface area contributed by atoms with E-state index < -0.39 is 0 Å². The van der Waals surface area contributed by atoms with Gasteiger partial charge in [0, 0.05) is 23.5 Å². The average molecular weight is 393 g/mol. The van der Waals surface area contributed by atoms with Gasteiger partial charge in [-0.05, 0) is 36.2 Å². The molecule has 0 unspecified atom stereocenters. The lowest BCUT2D eigenvalue weighted by atomic mass is 9.85. The van der Waals surface area contributed by atoms with Crippen LogP contribution in [0.15, 0.2) is 85.0 Å². The molecule has 0 amide bonds. The van der Waals surface area contributed by atoms with Crippen LogP contribution in [0, 0.1) is 6.92 Å². The van der Waals surface area contributed by atoms with Crippen molar-refractivity contribution in [2.45, 2.75) is 19.1 Å². The molecule has 6 rings (SSSR count). The first kappa shape index (κ1) is 17.0. The molecule has 0 saturated carbocycles. The molecule has 6 heteroatoms. The van der Waals surface area contributed by atoms with Crippen LogP contribution in [0.3, 0.4) is 0 Å². The summed E-state index contributed by atoms with van der Waals surface area (Å²) in [5.41, 5.74) is 6.50. The van der Waals surface area contributed by atoms with E-state index in [4.69, 9.17) is 4.74 Å². The molecule has 1 N–H and O–H groups in total. The first-order valence-electron chi connectivity index (χ1n) is 9.93. The first-order chi connectivity index (χ1) is 14.8. The summed E-state index contributed by atoms with van der Waals surface area (Å²) in [5, 5.41) is 8.05. The Morgan fingerprint density at radius 2 is 1.90 bits per heavy atom. The Morgan fingerprint density at radius 3 is 2.77 bits per heavy atom. The van der Waals surface area contributed by atoms with Crippen LogP contribution in [-0.2, 0) is 0 Å². The molecule has 2 atom stereocenters. The number of hydrogen-bond donors (Lipinski definition) is 1. The summed E-state index contributed by atoms with van der Waals surface area (Å²) in [6, 6.07) is 20.5. The van der Waals surface area contributed by atoms with Crippen LogP contribution in [0.2, 0.25) is 0 Å². The van der Waals surface area contributed by atoms with Gasteiger partial charge in [0.05, 0.1) is 5.70 Å². The molecule has 0 aliphatic carbocycles. The van der Waals surface area contributed by atoms with Crippen molar-refractivity contribution >= 4 is 11.6 Å². The van der Waals surface area contributed by atoms with Gasteiger partial charge in [0.25, 0.3) is 0 Å². The van der Waals surface area contributed by atoms with Crippen LogP contribution in [0.5, 0.6) is 5.75 Å². The number of ether oxygens (including phenoxy) is 1. The molecular formula is C24H19N5O. The van der Waals surface area contributed by atoms with Gasteiger partial charge >= 0.3 is 0 Å². The monoisotopic (exact) mass is 393 g/mol. The predicted octanol–water partition coefficient (Wildman–Crippen LogP) is 4.54. The third-order valence-corrected chi connectivity index (χ3v) is 5.67. The Bertz CT molecular complexity index is 1280. The van der Waals surface area contributed by atoms with E-state index in [0.717, 1.165) is 33.7 Å². The number of hydrogen-bond acceptors (Lipinski definition) is 5.